The molecule has 0 saturated carbocycles. The second kappa shape index (κ2) is 15.9. The summed E-state index contributed by atoms with van der Waals surface area (Å²) >= 11 is 0. The van der Waals surface area contributed by atoms with Gasteiger partial charge in [-0.15, -0.1) is 0 Å². The van der Waals surface area contributed by atoms with Crippen LogP contribution in [-0.4, -0.2) is 32.7 Å². The molecule has 0 unspecified atom stereocenters. The highest BCUT2D eigenvalue weighted by Crippen LogP contribution is 1.94. The summed E-state index contributed by atoms with van der Waals surface area (Å²) in [6.45, 7) is 7.80. The fourth-order valence-electron chi connectivity index (χ4n) is 1.80. The summed E-state index contributed by atoms with van der Waals surface area (Å²) < 4.78 is 0. The van der Waals surface area contributed by atoms with Gasteiger partial charge in [-0.3, -0.25) is 0 Å². The first kappa shape index (κ1) is 16.9. The highest BCUT2D eigenvalue weighted by Gasteiger charge is 1.91. The Morgan fingerprint density at radius 3 is 1.59 bits per heavy atom. The normalized spacial score (nSPS) is 10.9. The molecule has 0 aliphatic carbocycles. The van der Waals surface area contributed by atoms with Gasteiger partial charge in [0, 0.05) is 0 Å². The molecule has 3 nitrogen and oxygen atoms in total. The summed E-state index contributed by atoms with van der Waals surface area (Å²) in [5.74, 6) is 0. The second-order valence-corrected chi connectivity index (χ2v) is 4.76. The Morgan fingerprint density at radius 1 is 0.647 bits per heavy atom. The van der Waals surface area contributed by atoms with Crippen LogP contribution >= 0.6 is 0 Å². The monoisotopic (exact) mass is 243 g/mol. The predicted molar refractivity (Wildman–Crippen MR) is 77.4 cm³/mol. The fraction of sp³-hybridized carbons (Fsp3) is 1.00. The van der Waals surface area contributed by atoms with Crippen LogP contribution in [0.1, 0.15) is 58.3 Å². The molecule has 0 fully saturated rings. The molecule has 0 heterocycles. The first-order valence-corrected chi connectivity index (χ1v) is 7.53. The van der Waals surface area contributed by atoms with Gasteiger partial charge in [-0.2, -0.15) is 0 Å². The van der Waals surface area contributed by atoms with Crippen LogP contribution in [0.25, 0.3) is 0 Å². The van der Waals surface area contributed by atoms with Gasteiger partial charge in [0.25, 0.3) is 0 Å². The summed E-state index contributed by atoms with van der Waals surface area (Å²) in [6.07, 6.45) is 10.3. The zero-order valence-electron chi connectivity index (χ0n) is 11.8. The van der Waals surface area contributed by atoms with Gasteiger partial charge in [0.15, 0.2) is 0 Å². The van der Waals surface area contributed by atoms with Crippen LogP contribution < -0.4 is 16.4 Å². The molecule has 0 aromatic heterocycles. The van der Waals surface area contributed by atoms with Gasteiger partial charge in [-0.1, -0.05) is 26.2 Å². The lowest BCUT2D eigenvalue weighted by Crippen LogP contribution is -2.18. The predicted octanol–water partition coefficient (Wildman–Crippen LogP) is 2.26. The first-order valence-electron chi connectivity index (χ1n) is 7.53. The van der Waals surface area contributed by atoms with Crippen molar-refractivity contribution in [1.29, 1.82) is 0 Å². The number of hydrogen-bond acceptors (Lipinski definition) is 3. The van der Waals surface area contributed by atoms with Crippen LogP contribution in [0.4, 0.5) is 0 Å². The van der Waals surface area contributed by atoms with Gasteiger partial charge in [0.05, 0.1) is 0 Å². The van der Waals surface area contributed by atoms with Gasteiger partial charge in [0.2, 0.25) is 0 Å². The molecule has 0 aliphatic heterocycles. The minimum atomic E-state index is 0.838. The van der Waals surface area contributed by atoms with Crippen LogP contribution in [0.2, 0.25) is 0 Å². The fourth-order valence-corrected chi connectivity index (χ4v) is 1.80. The maximum Gasteiger partial charge on any atom is -0.00489 e. The molecule has 3 heteroatoms. The quantitative estimate of drug-likeness (QED) is 0.410. The Kier molecular flexibility index (Phi) is 15.8. The van der Waals surface area contributed by atoms with E-state index in [1.165, 1.54) is 71.0 Å². The van der Waals surface area contributed by atoms with E-state index in [4.69, 9.17) is 5.73 Å². The number of nitrogens with one attached hydrogen (secondary N) is 2. The van der Waals surface area contributed by atoms with Crippen LogP contribution in [0, 0.1) is 0 Å². The second-order valence-electron chi connectivity index (χ2n) is 4.76. The summed E-state index contributed by atoms with van der Waals surface area (Å²) in [6, 6.07) is 0. The minimum Gasteiger partial charge on any atom is -0.330 e. The third kappa shape index (κ3) is 15.9. The lowest BCUT2D eigenvalue weighted by Gasteiger charge is -2.05. The molecule has 0 spiro atoms. The van der Waals surface area contributed by atoms with Crippen LogP contribution in [0.3, 0.4) is 0 Å². The highest BCUT2D eigenvalue weighted by molar-refractivity contribution is 4.52. The SMILES string of the molecule is CCCCNCCCCCNCCCCCN. The summed E-state index contributed by atoms with van der Waals surface area (Å²) in [7, 11) is 0. The molecule has 0 amide bonds. The van der Waals surface area contributed by atoms with Crippen molar-refractivity contribution in [2.75, 3.05) is 32.7 Å². The van der Waals surface area contributed by atoms with E-state index >= 15 is 0 Å². The Labute approximate surface area is 108 Å². The third-order valence-corrected chi connectivity index (χ3v) is 2.97. The molecule has 104 valence electrons. The Balaban J connectivity index is 2.85. The van der Waals surface area contributed by atoms with Crippen molar-refractivity contribution in [1.82, 2.24) is 10.6 Å². The highest BCUT2D eigenvalue weighted by atomic mass is 14.8. The molecule has 0 aromatic carbocycles. The van der Waals surface area contributed by atoms with Crippen molar-refractivity contribution in [3.8, 4) is 0 Å². The molecule has 0 aromatic rings. The average Bonchev–Trinajstić information content (AvgIpc) is 2.35. The standard InChI is InChI=1S/C14H33N3/c1-2-3-11-16-13-8-5-9-14-17-12-7-4-6-10-15/h16-17H,2-15H2,1H3. The van der Waals surface area contributed by atoms with E-state index in [1.54, 1.807) is 0 Å². The van der Waals surface area contributed by atoms with Crippen molar-refractivity contribution >= 4 is 0 Å². The van der Waals surface area contributed by atoms with Gasteiger partial charge >= 0.3 is 0 Å². The molecule has 0 aliphatic rings. The number of nitrogens with two attached hydrogens (primary N) is 1. The van der Waals surface area contributed by atoms with Crippen molar-refractivity contribution < 1.29 is 0 Å². The van der Waals surface area contributed by atoms with Crippen LogP contribution in [0.5, 0.6) is 0 Å². The van der Waals surface area contributed by atoms with E-state index in [1.807, 2.05) is 0 Å². The van der Waals surface area contributed by atoms with E-state index in [9.17, 15) is 0 Å². The van der Waals surface area contributed by atoms with Gasteiger partial charge in [-0.05, 0) is 64.8 Å². The van der Waals surface area contributed by atoms with E-state index < -0.39 is 0 Å². The summed E-state index contributed by atoms with van der Waals surface area (Å²) in [4.78, 5) is 0. The zero-order valence-corrected chi connectivity index (χ0v) is 11.8. The topological polar surface area (TPSA) is 50.1 Å². The summed E-state index contributed by atoms with van der Waals surface area (Å²) in [5.41, 5.74) is 5.44. The van der Waals surface area contributed by atoms with Gasteiger partial charge in [-0.25, -0.2) is 0 Å². The molecule has 0 bridgehead atoms. The molecule has 0 rings (SSSR count). The van der Waals surface area contributed by atoms with Gasteiger partial charge in [0.1, 0.15) is 0 Å². The van der Waals surface area contributed by atoms with Crippen molar-refractivity contribution in [2.24, 2.45) is 5.73 Å². The van der Waals surface area contributed by atoms with E-state index in [-0.39, 0.29) is 0 Å². The number of unbranched alkanes of at least 4 members (excludes halogenated alkanes) is 5. The first-order chi connectivity index (χ1) is 8.41. The third-order valence-electron chi connectivity index (χ3n) is 2.97. The molecular weight excluding hydrogens is 210 g/mol. The van der Waals surface area contributed by atoms with E-state index in [0.717, 1.165) is 13.1 Å². The Hall–Kier alpha value is -0.120. The molecule has 0 atom stereocenters. The molecule has 0 radical (unpaired) electrons. The molecule has 17 heavy (non-hydrogen) atoms. The lowest BCUT2D eigenvalue weighted by atomic mass is 10.2. The summed E-state index contributed by atoms with van der Waals surface area (Å²) in [5, 5.41) is 6.97. The molecule has 0 saturated heterocycles. The number of hydrogen-bond donors (Lipinski definition) is 3. The van der Waals surface area contributed by atoms with E-state index in [0.29, 0.717) is 0 Å². The minimum absolute atomic E-state index is 0.838. The van der Waals surface area contributed by atoms with Crippen molar-refractivity contribution in [3.63, 3.8) is 0 Å². The molecular formula is C14H33N3. The van der Waals surface area contributed by atoms with Gasteiger partial charge < -0.3 is 16.4 Å². The van der Waals surface area contributed by atoms with Crippen LogP contribution in [0.15, 0.2) is 0 Å². The maximum absolute atomic E-state index is 5.44. The Morgan fingerprint density at radius 2 is 1.12 bits per heavy atom. The Bertz CT molecular complexity index is 115. The largest absolute Gasteiger partial charge is 0.330 e. The van der Waals surface area contributed by atoms with Crippen molar-refractivity contribution in [2.45, 2.75) is 58.3 Å². The van der Waals surface area contributed by atoms with E-state index in [2.05, 4.69) is 17.6 Å². The smallest absolute Gasteiger partial charge is 0.00489 e. The zero-order chi connectivity index (χ0) is 12.6. The van der Waals surface area contributed by atoms with Crippen molar-refractivity contribution in [3.05, 3.63) is 0 Å². The lowest BCUT2D eigenvalue weighted by molar-refractivity contribution is 0.550. The maximum atomic E-state index is 5.44. The van der Waals surface area contributed by atoms with Crippen LogP contribution in [-0.2, 0) is 0 Å². The number of rotatable bonds is 14. The molecule has 4 N–H and O–H groups in total. The average molecular weight is 243 g/mol.